The van der Waals surface area contributed by atoms with Crippen LogP contribution in [-0.2, 0) is 0 Å². The minimum absolute atomic E-state index is 0.441. The van der Waals surface area contributed by atoms with Gasteiger partial charge in [0, 0.05) is 37.4 Å². The molecule has 1 aliphatic rings. The summed E-state index contributed by atoms with van der Waals surface area (Å²) < 4.78 is 0. The van der Waals surface area contributed by atoms with Crippen molar-refractivity contribution in [3.05, 3.63) is 29.8 Å². The van der Waals surface area contributed by atoms with Gasteiger partial charge in [-0.1, -0.05) is 12.1 Å². The topological polar surface area (TPSA) is 52.7 Å². The molecule has 1 aromatic rings. The molecule has 1 fully saturated rings. The Labute approximate surface area is 115 Å². The summed E-state index contributed by atoms with van der Waals surface area (Å²) in [6.45, 7) is 7.17. The van der Waals surface area contributed by atoms with Crippen molar-refractivity contribution in [2.45, 2.75) is 32.0 Å². The van der Waals surface area contributed by atoms with Crippen molar-refractivity contribution in [2.75, 3.05) is 32.4 Å². The van der Waals surface area contributed by atoms with Crippen LogP contribution < -0.4 is 5.73 Å². The second kappa shape index (κ2) is 5.90. The van der Waals surface area contributed by atoms with Gasteiger partial charge in [-0.15, -0.1) is 0 Å². The number of benzene rings is 1. The van der Waals surface area contributed by atoms with Crippen molar-refractivity contribution in [2.24, 2.45) is 0 Å². The highest BCUT2D eigenvalue weighted by Gasteiger charge is 2.27. The van der Waals surface area contributed by atoms with Gasteiger partial charge in [0.2, 0.25) is 0 Å². The molecule has 4 nitrogen and oxygen atoms in total. The van der Waals surface area contributed by atoms with Crippen LogP contribution in [0.15, 0.2) is 24.3 Å². The Morgan fingerprint density at radius 2 is 1.74 bits per heavy atom. The summed E-state index contributed by atoms with van der Waals surface area (Å²) in [7, 11) is 2.17. The largest absolute Gasteiger partial charge is 0.399 e. The smallest absolute Gasteiger partial charge is 0.0916 e. The van der Waals surface area contributed by atoms with E-state index in [9.17, 15) is 5.11 Å². The van der Waals surface area contributed by atoms with Crippen LogP contribution in [0, 0.1) is 0 Å². The molecule has 1 saturated heterocycles. The minimum Gasteiger partial charge on any atom is -0.399 e. The molecule has 0 aliphatic carbocycles. The van der Waals surface area contributed by atoms with Gasteiger partial charge in [0.05, 0.1) is 6.10 Å². The lowest BCUT2D eigenvalue weighted by molar-refractivity contribution is 0.0282. The normalized spacial score (nSPS) is 27.4. The Balaban J connectivity index is 1.95. The summed E-state index contributed by atoms with van der Waals surface area (Å²) in [6.07, 6.45) is -0.441. The van der Waals surface area contributed by atoms with E-state index in [0.717, 1.165) is 24.3 Å². The fourth-order valence-corrected chi connectivity index (χ4v) is 2.73. The van der Waals surface area contributed by atoms with E-state index >= 15 is 0 Å². The Kier molecular flexibility index (Phi) is 4.45. The van der Waals surface area contributed by atoms with Gasteiger partial charge in [-0.25, -0.2) is 0 Å². The van der Waals surface area contributed by atoms with Gasteiger partial charge in [0.15, 0.2) is 0 Å². The summed E-state index contributed by atoms with van der Waals surface area (Å²) in [5.41, 5.74) is 7.34. The summed E-state index contributed by atoms with van der Waals surface area (Å²) >= 11 is 0. The number of aliphatic hydroxyl groups is 1. The number of piperazine rings is 1. The molecule has 0 bridgehead atoms. The second-order valence-corrected chi connectivity index (χ2v) is 5.76. The van der Waals surface area contributed by atoms with E-state index in [1.165, 1.54) is 0 Å². The molecule has 2 rings (SSSR count). The highest BCUT2D eigenvalue weighted by atomic mass is 16.3. The van der Waals surface area contributed by atoms with Gasteiger partial charge < -0.3 is 10.8 Å². The van der Waals surface area contributed by atoms with E-state index in [0.29, 0.717) is 18.6 Å². The van der Waals surface area contributed by atoms with Crippen LogP contribution in [0.4, 0.5) is 5.69 Å². The number of rotatable bonds is 3. The molecule has 19 heavy (non-hydrogen) atoms. The number of likely N-dealkylation sites (N-methyl/N-ethyl adjacent to an activating group) is 1. The summed E-state index contributed by atoms with van der Waals surface area (Å²) in [4.78, 5) is 4.74. The number of nitrogens with two attached hydrogens (primary N) is 1. The summed E-state index contributed by atoms with van der Waals surface area (Å²) in [5.74, 6) is 0. The number of nitrogens with zero attached hydrogens (tertiary/aromatic N) is 2. The van der Waals surface area contributed by atoms with Crippen molar-refractivity contribution in [1.82, 2.24) is 9.80 Å². The Morgan fingerprint density at radius 3 is 2.26 bits per heavy atom. The highest BCUT2D eigenvalue weighted by molar-refractivity contribution is 5.39. The van der Waals surface area contributed by atoms with E-state index in [1.807, 2.05) is 24.3 Å². The molecule has 0 amide bonds. The predicted octanol–water partition coefficient (Wildman–Crippen LogP) is 1.33. The molecule has 3 N–H and O–H groups in total. The molecule has 0 aromatic heterocycles. The molecule has 0 spiro atoms. The van der Waals surface area contributed by atoms with E-state index < -0.39 is 6.10 Å². The van der Waals surface area contributed by atoms with Crippen molar-refractivity contribution < 1.29 is 5.11 Å². The summed E-state index contributed by atoms with van der Waals surface area (Å²) in [5, 5.41) is 10.3. The maximum atomic E-state index is 10.3. The molecular formula is C15H25N3O. The van der Waals surface area contributed by atoms with E-state index in [-0.39, 0.29) is 0 Å². The van der Waals surface area contributed by atoms with Crippen LogP contribution in [-0.4, -0.2) is 53.7 Å². The molecule has 0 radical (unpaired) electrons. The first kappa shape index (κ1) is 14.3. The maximum absolute atomic E-state index is 10.3. The van der Waals surface area contributed by atoms with E-state index in [2.05, 4.69) is 30.7 Å². The third-order valence-electron chi connectivity index (χ3n) is 4.19. The SMILES string of the molecule is CC1CN(CC(O)c2ccc(N)cc2)CC(C)N1C. The number of nitrogen functional groups attached to an aromatic ring is 1. The van der Waals surface area contributed by atoms with Gasteiger partial charge in [-0.2, -0.15) is 0 Å². The lowest BCUT2D eigenvalue weighted by Crippen LogP contribution is -2.55. The van der Waals surface area contributed by atoms with Crippen LogP contribution in [0.1, 0.15) is 25.5 Å². The van der Waals surface area contributed by atoms with Crippen LogP contribution in [0.2, 0.25) is 0 Å². The summed E-state index contributed by atoms with van der Waals surface area (Å²) in [6, 6.07) is 8.55. The highest BCUT2D eigenvalue weighted by Crippen LogP contribution is 2.19. The van der Waals surface area contributed by atoms with Crippen LogP contribution in [0.25, 0.3) is 0 Å². The van der Waals surface area contributed by atoms with Gasteiger partial charge in [-0.3, -0.25) is 9.80 Å². The zero-order valence-corrected chi connectivity index (χ0v) is 12.1. The lowest BCUT2D eigenvalue weighted by atomic mass is 10.1. The molecule has 4 heteroatoms. The maximum Gasteiger partial charge on any atom is 0.0916 e. The number of aliphatic hydroxyl groups excluding tert-OH is 1. The molecule has 1 heterocycles. The first-order chi connectivity index (χ1) is 8.97. The third-order valence-corrected chi connectivity index (χ3v) is 4.19. The number of β-amino-alcohol motifs (C(OH)–C–C–N with tert-alkyl or cyclic N) is 1. The lowest BCUT2D eigenvalue weighted by Gasteiger charge is -2.43. The predicted molar refractivity (Wildman–Crippen MR) is 78.9 cm³/mol. The van der Waals surface area contributed by atoms with E-state index in [1.54, 1.807) is 0 Å². The standard InChI is InChI=1S/C15H25N3O/c1-11-8-18(9-12(2)17(11)3)10-15(19)13-4-6-14(16)7-5-13/h4-7,11-12,15,19H,8-10,16H2,1-3H3. The van der Waals surface area contributed by atoms with Gasteiger partial charge in [-0.05, 0) is 38.6 Å². The van der Waals surface area contributed by atoms with Gasteiger partial charge in [0.1, 0.15) is 0 Å². The molecule has 0 saturated carbocycles. The van der Waals surface area contributed by atoms with Crippen molar-refractivity contribution in [3.8, 4) is 0 Å². The first-order valence-electron chi connectivity index (χ1n) is 6.95. The van der Waals surface area contributed by atoms with Gasteiger partial charge in [0.25, 0.3) is 0 Å². The van der Waals surface area contributed by atoms with Crippen LogP contribution in [0.5, 0.6) is 0 Å². The Morgan fingerprint density at radius 1 is 1.21 bits per heavy atom. The fraction of sp³-hybridized carbons (Fsp3) is 0.600. The second-order valence-electron chi connectivity index (χ2n) is 5.76. The first-order valence-corrected chi connectivity index (χ1v) is 6.95. The Hall–Kier alpha value is -1.10. The minimum atomic E-state index is -0.441. The average Bonchev–Trinajstić information content (AvgIpc) is 2.36. The molecule has 1 aromatic carbocycles. The van der Waals surface area contributed by atoms with Crippen molar-refractivity contribution in [1.29, 1.82) is 0 Å². The number of hydrogen-bond donors (Lipinski definition) is 2. The third kappa shape index (κ3) is 3.47. The van der Waals surface area contributed by atoms with Gasteiger partial charge >= 0.3 is 0 Å². The molecule has 1 aliphatic heterocycles. The number of hydrogen-bond acceptors (Lipinski definition) is 4. The van der Waals surface area contributed by atoms with Crippen molar-refractivity contribution >= 4 is 5.69 Å². The quantitative estimate of drug-likeness (QED) is 0.808. The van der Waals surface area contributed by atoms with E-state index in [4.69, 9.17) is 5.73 Å². The fourth-order valence-electron chi connectivity index (χ4n) is 2.73. The zero-order valence-electron chi connectivity index (χ0n) is 12.1. The number of anilines is 1. The zero-order chi connectivity index (χ0) is 14.0. The molecule has 3 atom stereocenters. The van der Waals surface area contributed by atoms with Crippen LogP contribution in [0.3, 0.4) is 0 Å². The molecule has 3 unspecified atom stereocenters. The Bertz CT molecular complexity index is 394. The molecule has 106 valence electrons. The monoisotopic (exact) mass is 263 g/mol. The van der Waals surface area contributed by atoms with Crippen molar-refractivity contribution in [3.63, 3.8) is 0 Å². The average molecular weight is 263 g/mol. The van der Waals surface area contributed by atoms with Crippen LogP contribution >= 0.6 is 0 Å². The molecular weight excluding hydrogens is 238 g/mol.